The lowest BCUT2D eigenvalue weighted by molar-refractivity contribution is 0.0428. The summed E-state index contributed by atoms with van der Waals surface area (Å²) in [4.78, 5) is 0. The van der Waals surface area contributed by atoms with E-state index < -0.39 is 5.92 Å². The maximum absolute atomic E-state index is 14.2. The Morgan fingerprint density at radius 1 is 0.778 bits per heavy atom. The Bertz CT molecular complexity index is 498. The molecule has 0 radical (unpaired) electrons. The first-order chi connectivity index (χ1) is 8.51. The number of rotatable bonds is 3. The van der Waals surface area contributed by atoms with Crippen LogP contribution in [0.5, 0.6) is 0 Å². The maximum atomic E-state index is 14.2. The largest absolute Gasteiger partial charge is 0.298 e. The van der Waals surface area contributed by atoms with Crippen molar-refractivity contribution in [2.75, 3.05) is 0 Å². The highest BCUT2D eigenvalue weighted by Crippen LogP contribution is 2.35. The summed E-state index contributed by atoms with van der Waals surface area (Å²) in [5, 5.41) is 0. The third-order valence-electron chi connectivity index (χ3n) is 3.08. The second-order valence-corrected chi connectivity index (χ2v) is 4.72. The third kappa shape index (κ3) is 2.42. The number of alkyl halides is 2. The zero-order valence-corrected chi connectivity index (χ0v) is 10.5. The van der Waals surface area contributed by atoms with E-state index in [4.69, 9.17) is 0 Å². The van der Waals surface area contributed by atoms with Crippen LogP contribution in [-0.2, 0) is 5.92 Å². The van der Waals surface area contributed by atoms with E-state index in [1.165, 1.54) is 24.3 Å². The van der Waals surface area contributed by atoms with E-state index in [2.05, 4.69) is 0 Å². The van der Waals surface area contributed by atoms with Gasteiger partial charge in [0.15, 0.2) is 0 Å². The van der Waals surface area contributed by atoms with Crippen molar-refractivity contribution in [3.05, 3.63) is 71.3 Å². The van der Waals surface area contributed by atoms with Crippen molar-refractivity contribution in [2.24, 2.45) is 0 Å². The normalized spacial score (nSPS) is 11.8. The van der Waals surface area contributed by atoms with Crippen molar-refractivity contribution in [1.82, 2.24) is 0 Å². The van der Waals surface area contributed by atoms with Gasteiger partial charge in [0.25, 0.3) is 5.92 Å². The number of hydrogen-bond donors (Lipinski definition) is 0. The van der Waals surface area contributed by atoms with Crippen molar-refractivity contribution in [3.63, 3.8) is 0 Å². The molecular formula is C16H16F2. The molecule has 18 heavy (non-hydrogen) atoms. The SMILES string of the molecule is CC(C)c1ccc(C(F)(F)c2ccccc2)cc1. The molecular weight excluding hydrogens is 230 g/mol. The summed E-state index contributed by atoms with van der Waals surface area (Å²) in [6, 6.07) is 14.5. The first-order valence-electron chi connectivity index (χ1n) is 6.05. The molecule has 2 aromatic carbocycles. The molecule has 0 heterocycles. The molecule has 0 atom stereocenters. The lowest BCUT2D eigenvalue weighted by atomic mass is 9.96. The Hall–Kier alpha value is -1.70. The maximum Gasteiger partial charge on any atom is 0.298 e. The first-order valence-corrected chi connectivity index (χ1v) is 6.05. The minimum Gasteiger partial charge on any atom is -0.196 e. The fraction of sp³-hybridized carbons (Fsp3) is 0.250. The fourth-order valence-electron chi connectivity index (χ4n) is 1.89. The Kier molecular flexibility index (Phi) is 3.46. The first kappa shape index (κ1) is 12.7. The summed E-state index contributed by atoms with van der Waals surface area (Å²) >= 11 is 0. The van der Waals surface area contributed by atoms with Gasteiger partial charge in [0.1, 0.15) is 0 Å². The number of benzene rings is 2. The molecule has 0 aliphatic heterocycles. The molecule has 0 aromatic heterocycles. The molecule has 0 N–H and O–H groups in total. The second-order valence-electron chi connectivity index (χ2n) is 4.72. The zero-order chi connectivity index (χ0) is 13.2. The molecule has 0 unspecified atom stereocenters. The summed E-state index contributed by atoms with van der Waals surface area (Å²) in [6.07, 6.45) is 0. The van der Waals surface area contributed by atoms with Crippen molar-refractivity contribution in [3.8, 4) is 0 Å². The molecule has 0 bridgehead atoms. The Balaban J connectivity index is 2.36. The molecule has 0 saturated heterocycles. The topological polar surface area (TPSA) is 0 Å². The molecule has 2 aromatic rings. The molecule has 2 rings (SSSR count). The van der Waals surface area contributed by atoms with Crippen LogP contribution in [0.2, 0.25) is 0 Å². The van der Waals surface area contributed by atoms with E-state index in [1.807, 2.05) is 13.8 Å². The van der Waals surface area contributed by atoms with Gasteiger partial charge in [-0.05, 0) is 11.5 Å². The van der Waals surface area contributed by atoms with E-state index >= 15 is 0 Å². The van der Waals surface area contributed by atoms with Crippen LogP contribution in [0.3, 0.4) is 0 Å². The Morgan fingerprint density at radius 2 is 1.28 bits per heavy atom. The average molecular weight is 246 g/mol. The summed E-state index contributed by atoms with van der Waals surface area (Å²) in [5.74, 6) is -2.58. The predicted octanol–water partition coefficient (Wildman–Crippen LogP) is 4.95. The van der Waals surface area contributed by atoms with E-state index in [-0.39, 0.29) is 11.1 Å². The fourth-order valence-corrected chi connectivity index (χ4v) is 1.89. The number of hydrogen-bond acceptors (Lipinski definition) is 0. The van der Waals surface area contributed by atoms with E-state index in [0.29, 0.717) is 5.92 Å². The standard InChI is InChI=1S/C16H16F2/c1-12(2)13-8-10-15(11-9-13)16(17,18)14-6-4-3-5-7-14/h3-12H,1-2H3. The molecule has 0 nitrogen and oxygen atoms in total. The third-order valence-corrected chi connectivity index (χ3v) is 3.08. The van der Waals surface area contributed by atoms with Crippen LogP contribution in [0.4, 0.5) is 8.78 Å². The summed E-state index contributed by atoms with van der Waals surface area (Å²) < 4.78 is 28.4. The van der Waals surface area contributed by atoms with Crippen molar-refractivity contribution < 1.29 is 8.78 Å². The molecule has 0 aliphatic carbocycles. The van der Waals surface area contributed by atoms with Crippen LogP contribution in [0.1, 0.15) is 36.5 Å². The highest BCUT2D eigenvalue weighted by atomic mass is 19.3. The lowest BCUT2D eigenvalue weighted by Crippen LogP contribution is -2.15. The Labute approximate surface area is 106 Å². The van der Waals surface area contributed by atoms with Gasteiger partial charge in [-0.15, -0.1) is 0 Å². The molecule has 0 aliphatic rings. The highest BCUT2D eigenvalue weighted by molar-refractivity contribution is 5.35. The van der Waals surface area contributed by atoms with Gasteiger partial charge in [0.05, 0.1) is 0 Å². The van der Waals surface area contributed by atoms with E-state index in [0.717, 1.165) is 5.56 Å². The summed E-state index contributed by atoms with van der Waals surface area (Å²) in [5.41, 5.74) is 1.14. The van der Waals surface area contributed by atoms with Crippen LogP contribution < -0.4 is 0 Å². The van der Waals surface area contributed by atoms with Crippen molar-refractivity contribution in [1.29, 1.82) is 0 Å². The molecule has 0 spiro atoms. The van der Waals surface area contributed by atoms with Gasteiger partial charge >= 0.3 is 0 Å². The van der Waals surface area contributed by atoms with Crippen molar-refractivity contribution in [2.45, 2.75) is 25.7 Å². The van der Waals surface area contributed by atoms with Crippen LogP contribution in [0.15, 0.2) is 54.6 Å². The van der Waals surface area contributed by atoms with Crippen LogP contribution in [0.25, 0.3) is 0 Å². The number of halogens is 2. The minimum absolute atomic E-state index is 0.0299. The van der Waals surface area contributed by atoms with E-state index in [9.17, 15) is 8.78 Å². The van der Waals surface area contributed by atoms with Crippen LogP contribution in [0, 0.1) is 0 Å². The van der Waals surface area contributed by atoms with E-state index in [1.54, 1.807) is 30.3 Å². The van der Waals surface area contributed by atoms with Gasteiger partial charge in [-0.3, -0.25) is 0 Å². The predicted molar refractivity (Wildman–Crippen MR) is 70.0 cm³/mol. The van der Waals surface area contributed by atoms with Gasteiger partial charge in [-0.2, -0.15) is 8.78 Å². The van der Waals surface area contributed by atoms with Gasteiger partial charge < -0.3 is 0 Å². The highest BCUT2D eigenvalue weighted by Gasteiger charge is 2.33. The second kappa shape index (κ2) is 4.89. The average Bonchev–Trinajstić information content (AvgIpc) is 2.40. The van der Waals surface area contributed by atoms with Gasteiger partial charge in [-0.25, -0.2) is 0 Å². The Morgan fingerprint density at radius 3 is 1.78 bits per heavy atom. The van der Waals surface area contributed by atoms with Crippen LogP contribution >= 0.6 is 0 Å². The molecule has 94 valence electrons. The lowest BCUT2D eigenvalue weighted by Gasteiger charge is -2.18. The quantitative estimate of drug-likeness (QED) is 0.718. The van der Waals surface area contributed by atoms with Gasteiger partial charge in [-0.1, -0.05) is 68.4 Å². The van der Waals surface area contributed by atoms with Gasteiger partial charge in [0.2, 0.25) is 0 Å². The monoisotopic (exact) mass is 246 g/mol. The molecule has 0 saturated carbocycles. The van der Waals surface area contributed by atoms with Gasteiger partial charge in [0, 0.05) is 11.1 Å². The minimum atomic E-state index is -2.93. The summed E-state index contributed by atoms with van der Waals surface area (Å²) in [6.45, 7) is 4.09. The molecule has 0 fully saturated rings. The molecule has 0 amide bonds. The van der Waals surface area contributed by atoms with Crippen molar-refractivity contribution >= 4 is 0 Å². The molecule has 2 heteroatoms. The smallest absolute Gasteiger partial charge is 0.196 e. The summed E-state index contributed by atoms with van der Waals surface area (Å²) in [7, 11) is 0. The zero-order valence-electron chi connectivity index (χ0n) is 10.5. The van der Waals surface area contributed by atoms with Crippen LogP contribution in [-0.4, -0.2) is 0 Å².